The third-order valence-electron chi connectivity index (χ3n) is 3.75. The molecule has 8 heteroatoms. The summed E-state index contributed by atoms with van der Waals surface area (Å²) in [6.45, 7) is 8.41. The molecule has 2 N–H and O–H groups in total. The molecule has 0 unspecified atom stereocenters. The lowest BCUT2D eigenvalue weighted by atomic mass is 10.3. The number of anilines is 1. The largest absolute Gasteiger partial charge is 0.446 e. The Labute approximate surface area is 159 Å². The zero-order chi connectivity index (χ0) is 17.8. The normalized spacial score (nSPS) is 15.2. The van der Waals surface area contributed by atoms with Gasteiger partial charge in [0.05, 0.1) is 18.6 Å². The van der Waals surface area contributed by atoms with Gasteiger partial charge >= 0.3 is 0 Å². The highest BCUT2D eigenvalue weighted by Gasteiger charge is 2.16. The lowest BCUT2D eigenvalue weighted by molar-refractivity contribution is 0.0346. The molecule has 1 saturated heterocycles. The molecule has 1 aliphatic rings. The van der Waals surface area contributed by atoms with E-state index in [1.807, 2.05) is 26.0 Å². The molecule has 0 saturated carbocycles. The van der Waals surface area contributed by atoms with E-state index in [-0.39, 0.29) is 0 Å². The predicted molar refractivity (Wildman–Crippen MR) is 105 cm³/mol. The fourth-order valence-corrected chi connectivity index (χ4v) is 3.98. The lowest BCUT2D eigenvalue weighted by Crippen LogP contribution is -2.35. The van der Waals surface area contributed by atoms with E-state index in [4.69, 9.17) is 14.9 Å². The number of rotatable bonds is 3. The van der Waals surface area contributed by atoms with Crippen LogP contribution >= 0.6 is 27.3 Å². The number of fused-ring (bicyclic) bond motifs is 1. The van der Waals surface area contributed by atoms with Crippen LogP contribution in [-0.4, -0.2) is 41.2 Å². The standard InChI is InChI=1S/C15H15BrN4O2S.C2H6/c16-12-2-1-11(22-12)14-18-13(17)10-7-9(23-15(10)19-14)8-20-3-5-21-6-4-20;1-2/h1-2,7H,3-6,8H2,(H2,17,18,19);1-2H3. The first kappa shape index (κ1) is 18.3. The second kappa shape index (κ2) is 8.27. The Kier molecular flexibility index (Phi) is 6.06. The minimum atomic E-state index is 0.488. The van der Waals surface area contributed by atoms with Crippen LogP contribution < -0.4 is 5.73 Å². The number of ether oxygens (including phenoxy) is 1. The Morgan fingerprint density at radius 2 is 2.00 bits per heavy atom. The number of hydrogen-bond donors (Lipinski definition) is 1. The van der Waals surface area contributed by atoms with Crippen molar-refractivity contribution in [3.8, 4) is 11.6 Å². The Bertz CT molecular complexity index is 842. The van der Waals surface area contributed by atoms with Gasteiger partial charge in [-0.3, -0.25) is 4.90 Å². The van der Waals surface area contributed by atoms with Gasteiger partial charge in [0.1, 0.15) is 10.6 Å². The molecular weight excluding hydrogens is 404 g/mol. The van der Waals surface area contributed by atoms with Crippen LogP contribution in [0.3, 0.4) is 0 Å². The van der Waals surface area contributed by atoms with Gasteiger partial charge in [-0.15, -0.1) is 11.3 Å². The summed E-state index contributed by atoms with van der Waals surface area (Å²) in [4.78, 5) is 13.5. The Morgan fingerprint density at radius 1 is 1.24 bits per heavy atom. The van der Waals surface area contributed by atoms with Crippen molar-refractivity contribution in [3.05, 3.63) is 27.7 Å². The van der Waals surface area contributed by atoms with E-state index in [1.165, 1.54) is 4.88 Å². The zero-order valence-corrected chi connectivity index (χ0v) is 16.7. The summed E-state index contributed by atoms with van der Waals surface area (Å²) >= 11 is 4.94. The van der Waals surface area contributed by atoms with Gasteiger partial charge in [0.15, 0.2) is 16.3 Å². The van der Waals surface area contributed by atoms with Gasteiger partial charge in [-0.05, 0) is 34.1 Å². The molecule has 0 atom stereocenters. The van der Waals surface area contributed by atoms with Crippen LogP contribution in [-0.2, 0) is 11.3 Å². The minimum absolute atomic E-state index is 0.488. The quantitative estimate of drug-likeness (QED) is 0.679. The number of hydrogen-bond acceptors (Lipinski definition) is 7. The van der Waals surface area contributed by atoms with Crippen molar-refractivity contribution < 1.29 is 9.15 Å². The number of nitrogens with zero attached hydrogens (tertiary/aromatic N) is 3. The number of nitrogens with two attached hydrogens (primary N) is 1. The third kappa shape index (κ3) is 4.20. The second-order valence-corrected chi connectivity index (χ2v) is 7.25. The second-order valence-electron chi connectivity index (χ2n) is 5.36. The van der Waals surface area contributed by atoms with Crippen LogP contribution in [0, 0.1) is 0 Å². The van der Waals surface area contributed by atoms with Gasteiger partial charge < -0.3 is 14.9 Å². The van der Waals surface area contributed by atoms with Crippen molar-refractivity contribution in [2.24, 2.45) is 0 Å². The van der Waals surface area contributed by atoms with Crippen LogP contribution in [0.5, 0.6) is 0 Å². The van der Waals surface area contributed by atoms with E-state index in [9.17, 15) is 0 Å². The van der Waals surface area contributed by atoms with Crippen molar-refractivity contribution in [2.75, 3.05) is 32.0 Å². The topological polar surface area (TPSA) is 77.4 Å². The molecule has 1 aliphatic heterocycles. The summed E-state index contributed by atoms with van der Waals surface area (Å²) in [5.74, 6) is 1.61. The van der Waals surface area contributed by atoms with Gasteiger partial charge in [0.2, 0.25) is 0 Å². The van der Waals surface area contributed by atoms with Crippen molar-refractivity contribution in [3.63, 3.8) is 0 Å². The fourth-order valence-electron chi connectivity index (χ4n) is 2.60. The van der Waals surface area contributed by atoms with Gasteiger partial charge in [-0.25, -0.2) is 9.97 Å². The smallest absolute Gasteiger partial charge is 0.199 e. The van der Waals surface area contributed by atoms with E-state index in [0.717, 1.165) is 43.1 Å². The molecule has 0 spiro atoms. The fraction of sp³-hybridized carbons (Fsp3) is 0.412. The van der Waals surface area contributed by atoms with E-state index < -0.39 is 0 Å². The Balaban J connectivity index is 0.000000880. The lowest BCUT2D eigenvalue weighted by Gasteiger charge is -2.25. The van der Waals surface area contributed by atoms with Crippen molar-refractivity contribution in [1.29, 1.82) is 0 Å². The van der Waals surface area contributed by atoms with Gasteiger partial charge in [0.25, 0.3) is 0 Å². The number of morpholine rings is 1. The zero-order valence-electron chi connectivity index (χ0n) is 14.3. The molecule has 0 aromatic carbocycles. The van der Waals surface area contributed by atoms with Crippen molar-refractivity contribution in [1.82, 2.24) is 14.9 Å². The molecule has 0 bridgehead atoms. The summed E-state index contributed by atoms with van der Waals surface area (Å²) in [5.41, 5.74) is 6.12. The first-order valence-electron chi connectivity index (χ1n) is 8.31. The van der Waals surface area contributed by atoms with Crippen molar-refractivity contribution >= 4 is 43.3 Å². The van der Waals surface area contributed by atoms with E-state index in [2.05, 4.69) is 36.9 Å². The highest BCUT2D eigenvalue weighted by molar-refractivity contribution is 9.10. The Hall–Kier alpha value is -1.48. The van der Waals surface area contributed by atoms with Crippen LogP contribution in [0.25, 0.3) is 21.8 Å². The number of thiophene rings is 1. The summed E-state index contributed by atoms with van der Waals surface area (Å²) < 4.78 is 11.6. The molecule has 134 valence electrons. The number of aromatic nitrogens is 2. The first-order chi connectivity index (χ1) is 12.2. The summed E-state index contributed by atoms with van der Waals surface area (Å²) in [7, 11) is 0. The SMILES string of the molecule is CC.Nc1nc(-c2ccc(Br)o2)nc2sc(CN3CCOCC3)cc12. The van der Waals surface area contributed by atoms with E-state index in [1.54, 1.807) is 11.3 Å². The summed E-state index contributed by atoms with van der Waals surface area (Å²) in [5, 5.41) is 0.910. The Morgan fingerprint density at radius 3 is 2.68 bits per heavy atom. The van der Waals surface area contributed by atoms with Crippen LogP contribution in [0.1, 0.15) is 18.7 Å². The third-order valence-corrected chi connectivity index (χ3v) is 5.19. The molecule has 25 heavy (non-hydrogen) atoms. The molecule has 1 fully saturated rings. The molecule has 3 aromatic rings. The number of halogens is 1. The predicted octanol–water partition coefficient (Wildman–Crippen LogP) is 4.15. The van der Waals surface area contributed by atoms with E-state index in [0.29, 0.717) is 22.1 Å². The maximum absolute atomic E-state index is 6.12. The molecule has 0 radical (unpaired) electrons. The first-order valence-corrected chi connectivity index (χ1v) is 9.92. The molecule has 4 rings (SSSR count). The van der Waals surface area contributed by atoms with Crippen LogP contribution in [0.2, 0.25) is 0 Å². The molecule has 6 nitrogen and oxygen atoms in total. The van der Waals surface area contributed by atoms with Gasteiger partial charge in [0, 0.05) is 24.5 Å². The average Bonchev–Trinajstić information content (AvgIpc) is 3.24. The summed E-state index contributed by atoms with van der Waals surface area (Å²) in [6, 6.07) is 5.73. The van der Waals surface area contributed by atoms with Crippen LogP contribution in [0.4, 0.5) is 5.82 Å². The minimum Gasteiger partial charge on any atom is -0.446 e. The molecule has 4 heterocycles. The molecular formula is C17H21BrN4O2S. The maximum atomic E-state index is 6.12. The van der Waals surface area contributed by atoms with E-state index >= 15 is 0 Å². The monoisotopic (exact) mass is 424 g/mol. The number of furan rings is 1. The van der Waals surface area contributed by atoms with Gasteiger partial charge in [-0.1, -0.05) is 13.8 Å². The molecule has 0 aliphatic carbocycles. The van der Waals surface area contributed by atoms with Crippen LogP contribution in [0.15, 0.2) is 27.3 Å². The molecule has 3 aromatic heterocycles. The highest BCUT2D eigenvalue weighted by atomic mass is 79.9. The molecule has 0 amide bonds. The summed E-state index contributed by atoms with van der Waals surface area (Å²) in [6.07, 6.45) is 0. The maximum Gasteiger partial charge on any atom is 0.199 e. The highest BCUT2D eigenvalue weighted by Crippen LogP contribution is 2.31. The van der Waals surface area contributed by atoms with Gasteiger partial charge in [-0.2, -0.15) is 0 Å². The van der Waals surface area contributed by atoms with Crippen molar-refractivity contribution in [2.45, 2.75) is 20.4 Å². The number of nitrogen functional groups attached to an aromatic ring is 1. The average molecular weight is 425 g/mol.